The van der Waals surface area contributed by atoms with E-state index in [1.165, 1.54) is 6.33 Å². The van der Waals surface area contributed by atoms with Crippen LogP contribution in [0.2, 0.25) is 0 Å². The molecule has 8 heteroatoms. The average Bonchev–Trinajstić information content (AvgIpc) is 3.37. The van der Waals surface area contributed by atoms with Crippen LogP contribution in [0.5, 0.6) is 0 Å². The van der Waals surface area contributed by atoms with Gasteiger partial charge < -0.3 is 24.5 Å². The van der Waals surface area contributed by atoms with E-state index in [-0.39, 0.29) is 24.0 Å². The molecule has 2 aliphatic rings. The minimum atomic E-state index is -0.668. The van der Waals surface area contributed by atoms with Crippen molar-refractivity contribution >= 4 is 17.0 Å². The molecule has 3 heterocycles. The van der Waals surface area contributed by atoms with Crippen molar-refractivity contribution in [2.45, 2.75) is 57.8 Å². The lowest BCUT2D eigenvalue weighted by atomic mass is 9.84. The molecule has 3 aromatic rings. The fourth-order valence-corrected chi connectivity index (χ4v) is 5.22. The summed E-state index contributed by atoms with van der Waals surface area (Å²) < 4.78 is 21.1. The van der Waals surface area contributed by atoms with Gasteiger partial charge in [0, 0.05) is 5.92 Å². The Morgan fingerprint density at radius 2 is 1.87 bits per heavy atom. The third kappa shape index (κ3) is 3.21. The molecule has 5 atom stereocenters. The number of imidazole rings is 1. The number of fused-ring (bicyclic) bond motifs is 2. The topological polar surface area (TPSA) is 97.3 Å². The van der Waals surface area contributed by atoms with Crippen molar-refractivity contribution in [3.05, 3.63) is 48.5 Å². The van der Waals surface area contributed by atoms with Crippen molar-refractivity contribution in [2.75, 3.05) is 12.3 Å². The molecule has 0 bridgehead atoms. The molecule has 0 amide bonds. The Hall–Kier alpha value is -2.55. The van der Waals surface area contributed by atoms with Gasteiger partial charge in [-0.05, 0) is 32.3 Å². The van der Waals surface area contributed by atoms with E-state index >= 15 is 0 Å². The van der Waals surface area contributed by atoms with Crippen molar-refractivity contribution in [3.8, 4) is 0 Å². The fraction of sp³-hybridized carbons (Fsp3) is 0.522. The van der Waals surface area contributed by atoms with Gasteiger partial charge in [0.05, 0.1) is 31.2 Å². The zero-order valence-electron chi connectivity index (χ0n) is 18.4. The normalized spacial score (nSPS) is 31.9. The number of nitrogens with zero attached hydrogens (tertiary/aromatic N) is 4. The summed E-state index contributed by atoms with van der Waals surface area (Å²) in [5.74, 6) is 0.0417. The van der Waals surface area contributed by atoms with Gasteiger partial charge in [-0.3, -0.25) is 0 Å². The highest BCUT2D eigenvalue weighted by molar-refractivity contribution is 5.81. The molecule has 2 unspecified atom stereocenters. The molecule has 2 N–H and O–H groups in total. The van der Waals surface area contributed by atoms with E-state index < -0.39 is 11.3 Å². The number of hydrogen-bond donors (Lipinski definition) is 1. The number of hydrogen-bond acceptors (Lipinski definition) is 7. The van der Waals surface area contributed by atoms with Crippen LogP contribution in [-0.4, -0.2) is 44.1 Å². The number of benzene rings is 1. The first-order valence-electron chi connectivity index (χ1n) is 10.7. The Morgan fingerprint density at radius 3 is 2.65 bits per heavy atom. The van der Waals surface area contributed by atoms with E-state index in [1.54, 1.807) is 6.33 Å². The summed E-state index contributed by atoms with van der Waals surface area (Å²) >= 11 is 0. The third-order valence-corrected chi connectivity index (χ3v) is 6.99. The molecular formula is C23H29N5O3. The molecule has 2 fully saturated rings. The molecule has 2 aromatic heterocycles. The summed E-state index contributed by atoms with van der Waals surface area (Å²) in [6.07, 6.45) is 3.01. The van der Waals surface area contributed by atoms with E-state index in [0.29, 0.717) is 30.2 Å². The number of aromatic nitrogens is 4. The van der Waals surface area contributed by atoms with E-state index in [2.05, 4.69) is 45.5 Å². The van der Waals surface area contributed by atoms with Crippen LogP contribution in [0.3, 0.4) is 0 Å². The first-order chi connectivity index (χ1) is 14.8. The molecule has 8 nitrogen and oxygen atoms in total. The maximum Gasteiger partial charge on any atom is 0.166 e. The smallest absolute Gasteiger partial charge is 0.166 e. The molecule has 0 spiro atoms. The summed E-state index contributed by atoms with van der Waals surface area (Å²) in [6, 6.07) is 10.2. The SMILES string of the molecule is C[C@H]1C(COCc2ccccc2)[C@H]2OC(C)(C)O[C@H]2C1(C)n1cnc2c(N)ncnc21. The van der Waals surface area contributed by atoms with Crippen molar-refractivity contribution in [1.29, 1.82) is 0 Å². The van der Waals surface area contributed by atoms with Gasteiger partial charge in [-0.25, -0.2) is 15.0 Å². The summed E-state index contributed by atoms with van der Waals surface area (Å²) in [4.78, 5) is 13.1. The average molecular weight is 424 g/mol. The third-order valence-electron chi connectivity index (χ3n) is 6.99. The monoisotopic (exact) mass is 423 g/mol. The first kappa shape index (κ1) is 20.4. The standard InChI is InChI=1S/C23H29N5O3/c1-14-16(11-29-10-15-8-6-5-7-9-15)18-19(31-22(2,3)30-18)23(14,4)28-13-27-17-20(24)25-12-26-21(17)28/h5-9,12-14,16,18-19H,10-11H2,1-4H3,(H2,24,25,26)/t14-,16?,18+,19+,23?/m0/s1. The largest absolute Gasteiger partial charge is 0.382 e. The summed E-state index contributed by atoms with van der Waals surface area (Å²) in [6.45, 7) is 9.49. The number of rotatable bonds is 5. The Morgan fingerprint density at radius 1 is 1.10 bits per heavy atom. The van der Waals surface area contributed by atoms with E-state index in [1.807, 2.05) is 32.0 Å². The quantitative estimate of drug-likeness (QED) is 0.673. The van der Waals surface area contributed by atoms with Crippen molar-refractivity contribution < 1.29 is 14.2 Å². The minimum absolute atomic E-state index is 0.0950. The van der Waals surface area contributed by atoms with Crippen molar-refractivity contribution in [1.82, 2.24) is 19.5 Å². The molecule has 1 aliphatic heterocycles. The Kier molecular flexibility index (Phi) is 4.76. The molecule has 0 radical (unpaired) electrons. The van der Waals surface area contributed by atoms with Crippen LogP contribution in [0.15, 0.2) is 43.0 Å². The zero-order valence-corrected chi connectivity index (χ0v) is 18.4. The minimum Gasteiger partial charge on any atom is -0.382 e. The second-order valence-corrected chi connectivity index (χ2v) is 9.25. The van der Waals surface area contributed by atoms with Crippen LogP contribution in [0.25, 0.3) is 11.2 Å². The van der Waals surface area contributed by atoms with Gasteiger partial charge in [-0.2, -0.15) is 0 Å². The number of anilines is 1. The lowest BCUT2D eigenvalue weighted by molar-refractivity contribution is -0.176. The Labute approximate surface area is 181 Å². The highest BCUT2D eigenvalue weighted by atomic mass is 16.8. The lowest BCUT2D eigenvalue weighted by Gasteiger charge is -2.38. The van der Waals surface area contributed by atoms with Gasteiger partial charge in [-0.1, -0.05) is 37.3 Å². The summed E-state index contributed by atoms with van der Waals surface area (Å²) in [7, 11) is 0. The molecule has 1 aliphatic carbocycles. The Bertz CT molecular complexity index is 1090. The molecular weight excluding hydrogens is 394 g/mol. The van der Waals surface area contributed by atoms with Gasteiger partial charge in [0.2, 0.25) is 0 Å². The zero-order chi connectivity index (χ0) is 21.8. The first-order valence-corrected chi connectivity index (χ1v) is 10.7. The predicted molar refractivity (Wildman–Crippen MR) is 116 cm³/mol. The van der Waals surface area contributed by atoms with E-state index in [4.69, 9.17) is 19.9 Å². The van der Waals surface area contributed by atoms with Crippen LogP contribution in [0.1, 0.15) is 33.3 Å². The summed E-state index contributed by atoms with van der Waals surface area (Å²) in [5.41, 5.74) is 8.08. The van der Waals surface area contributed by atoms with Crippen molar-refractivity contribution in [3.63, 3.8) is 0 Å². The number of nitrogen functional groups attached to an aromatic ring is 1. The maximum atomic E-state index is 6.46. The molecule has 164 valence electrons. The second kappa shape index (κ2) is 7.25. The lowest BCUT2D eigenvalue weighted by Crippen LogP contribution is -2.45. The van der Waals surface area contributed by atoms with Crippen LogP contribution in [-0.2, 0) is 26.4 Å². The van der Waals surface area contributed by atoms with Gasteiger partial charge >= 0.3 is 0 Å². The van der Waals surface area contributed by atoms with Gasteiger partial charge in [0.15, 0.2) is 17.3 Å². The van der Waals surface area contributed by atoms with Gasteiger partial charge in [0.1, 0.15) is 17.9 Å². The maximum absolute atomic E-state index is 6.46. The summed E-state index contributed by atoms with van der Waals surface area (Å²) in [5, 5.41) is 0. The molecule has 31 heavy (non-hydrogen) atoms. The molecule has 1 saturated heterocycles. The Balaban J connectivity index is 1.48. The predicted octanol–water partition coefficient (Wildman–Crippen LogP) is 3.13. The van der Waals surface area contributed by atoms with Crippen LogP contribution in [0.4, 0.5) is 5.82 Å². The van der Waals surface area contributed by atoms with Crippen molar-refractivity contribution in [2.24, 2.45) is 11.8 Å². The number of ether oxygens (including phenoxy) is 3. The second-order valence-electron chi connectivity index (χ2n) is 9.25. The molecule has 1 saturated carbocycles. The van der Waals surface area contributed by atoms with Gasteiger partial charge in [-0.15, -0.1) is 0 Å². The van der Waals surface area contributed by atoms with Crippen LogP contribution in [0, 0.1) is 11.8 Å². The highest BCUT2D eigenvalue weighted by Gasteiger charge is 2.64. The van der Waals surface area contributed by atoms with Crippen LogP contribution < -0.4 is 5.73 Å². The molecule has 1 aromatic carbocycles. The van der Waals surface area contributed by atoms with E-state index in [9.17, 15) is 0 Å². The van der Waals surface area contributed by atoms with E-state index in [0.717, 1.165) is 5.56 Å². The number of nitrogens with two attached hydrogens (primary N) is 1. The fourth-order valence-electron chi connectivity index (χ4n) is 5.22. The van der Waals surface area contributed by atoms with Gasteiger partial charge in [0.25, 0.3) is 0 Å². The van der Waals surface area contributed by atoms with Crippen LogP contribution >= 0.6 is 0 Å². The highest BCUT2D eigenvalue weighted by Crippen LogP contribution is 2.54. The molecule has 5 rings (SSSR count).